The van der Waals surface area contributed by atoms with Crippen molar-refractivity contribution in [1.82, 2.24) is 24.7 Å². The Balaban J connectivity index is 1.99. The topological polar surface area (TPSA) is 94.6 Å². The van der Waals surface area contributed by atoms with Crippen LogP contribution in [0.3, 0.4) is 0 Å². The molecule has 4 aromatic rings. The molecule has 0 aliphatic carbocycles. The van der Waals surface area contributed by atoms with Crippen LogP contribution in [0.4, 0.5) is 5.82 Å². The van der Waals surface area contributed by atoms with Crippen LogP contribution in [0.1, 0.15) is 19.9 Å². The maximum absolute atomic E-state index is 6.11. The Morgan fingerprint density at radius 3 is 2.79 bits per heavy atom. The average molecular weight is 322 g/mol. The van der Waals surface area contributed by atoms with Crippen LogP contribution in [-0.4, -0.2) is 31.8 Å². The van der Waals surface area contributed by atoms with Crippen molar-refractivity contribution in [3.63, 3.8) is 0 Å². The van der Waals surface area contributed by atoms with Gasteiger partial charge in [0.15, 0.2) is 5.65 Å². The number of anilines is 1. The van der Waals surface area contributed by atoms with Gasteiger partial charge in [-0.15, -0.1) is 0 Å². The van der Waals surface area contributed by atoms with Crippen LogP contribution in [0.15, 0.2) is 30.6 Å². The first kappa shape index (κ1) is 14.5. The highest BCUT2D eigenvalue weighted by Crippen LogP contribution is 2.33. The zero-order valence-electron chi connectivity index (χ0n) is 13.7. The summed E-state index contributed by atoms with van der Waals surface area (Å²) in [7, 11) is 1.66. The van der Waals surface area contributed by atoms with Gasteiger partial charge in [0, 0.05) is 16.9 Å². The first-order valence-corrected chi connectivity index (χ1v) is 7.74. The van der Waals surface area contributed by atoms with Gasteiger partial charge in [0.1, 0.15) is 23.6 Å². The van der Waals surface area contributed by atoms with Crippen LogP contribution in [0.5, 0.6) is 5.75 Å². The predicted octanol–water partition coefficient (Wildman–Crippen LogP) is 3.15. The molecule has 1 aromatic carbocycles. The fraction of sp³-hybridized carbons (Fsp3) is 0.235. The van der Waals surface area contributed by atoms with Gasteiger partial charge in [-0.2, -0.15) is 5.10 Å². The van der Waals surface area contributed by atoms with Crippen molar-refractivity contribution in [2.45, 2.75) is 19.9 Å². The number of aromatic nitrogens is 5. The smallest absolute Gasteiger partial charge is 0.164 e. The number of ether oxygens (including phenoxy) is 1. The van der Waals surface area contributed by atoms with E-state index in [1.54, 1.807) is 7.11 Å². The van der Waals surface area contributed by atoms with E-state index in [0.29, 0.717) is 5.82 Å². The zero-order chi connectivity index (χ0) is 16.8. The molecule has 3 N–H and O–H groups in total. The van der Waals surface area contributed by atoms with Crippen LogP contribution < -0.4 is 10.5 Å². The van der Waals surface area contributed by atoms with Crippen molar-refractivity contribution in [1.29, 1.82) is 0 Å². The highest BCUT2D eigenvalue weighted by Gasteiger charge is 2.19. The number of nitrogens with one attached hydrogen (secondary N) is 1. The van der Waals surface area contributed by atoms with Crippen LogP contribution in [-0.2, 0) is 0 Å². The molecule has 7 heteroatoms. The molecule has 122 valence electrons. The maximum Gasteiger partial charge on any atom is 0.164 e. The number of hydrogen-bond donors (Lipinski definition) is 2. The number of nitrogens with two attached hydrogens (primary N) is 1. The number of fused-ring (bicyclic) bond motifs is 2. The molecular formula is C17H18N6O. The largest absolute Gasteiger partial charge is 0.497 e. The second-order valence-corrected chi connectivity index (χ2v) is 5.98. The Kier molecular flexibility index (Phi) is 3.16. The molecule has 0 amide bonds. The summed E-state index contributed by atoms with van der Waals surface area (Å²) < 4.78 is 7.16. The summed E-state index contributed by atoms with van der Waals surface area (Å²) in [5.41, 5.74) is 9.49. The number of aromatic amines is 1. The summed E-state index contributed by atoms with van der Waals surface area (Å²) in [6.45, 7) is 4.12. The Bertz CT molecular complexity index is 1050. The third-order valence-corrected chi connectivity index (χ3v) is 4.09. The van der Waals surface area contributed by atoms with Gasteiger partial charge in [-0.1, -0.05) is 0 Å². The normalized spacial score (nSPS) is 11.7. The van der Waals surface area contributed by atoms with Gasteiger partial charge >= 0.3 is 0 Å². The summed E-state index contributed by atoms with van der Waals surface area (Å²) in [4.78, 5) is 11.9. The van der Waals surface area contributed by atoms with Crippen LogP contribution in [0, 0.1) is 0 Å². The molecule has 3 aromatic heterocycles. The lowest BCUT2D eigenvalue weighted by atomic mass is 10.2. The van der Waals surface area contributed by atoms with Crippen molar-refractivity contribution in [2.24, 2.45) is 0 Å². The van der Waals surface area contributed by atoms with Gasteiger partial charge in [0.25, 0.3) is 0 Å². The average Bonchev–Trinajstić information content (AvgIpc) is 3.15. The van der Waals surface area contributed by atoms with E-state index in [9.17, 15) is 0 Å². The summed E-state index contributed by atoms with van der Waals surface area (Å²) in [5.74, 6) is 1.24. The van der Waals surface area contributed by atoms with Gasteiger partial charge in [-0.05, 0) is 38.1 Å². The molecule has 0 saturated carbocycles. The highest BCUT2D eigenvalue weighted by atomic mass is 16.5. The number of rotatable bonds is 3. The van der Waals surface area contributed by atoms with Crippen LogP contribution in [0.25, 0.3) is 33.3 Å². The molecule has 0 aliphatic heterocycles. The van der Waals surface area contributed by atoms with Gasteiger partial charge in [0.05, 0.1) is 18.2 Å². The SMILES string of the molecule is COc1ccc2[nH]c(-c3nn(C(C)C)c4ncnc(N)c34)cc2c1. The van der Waals surface area contributed by atoms with Crippen molar-refractivity contribution < 1.29 is 4.74 Å². The lowest BCUT2D eigenvalue weighted by Gasteiger charge is -2.05. The fourth-order valence-corrected chi connectivity index (χ4v) is 2.91. The molecule has 0 atom stereocenters. The second kappa shape index (κ2) is 5.23. The lowest BCUT2D eigenvalue weighted by molar-refractivity contribution is 0.415. The Labute approximate surface area is 138 Å². The van der Waals surface area contributed by atoms with Crippen LogP contribution >= 0.6 is 0 Å². The molecule has 0 spiro atoms. The number of nitrogen functional groups attached to an aromatic ring is 1. The zero-order valence-corrected chi connectivity index (χ0v) is 13.7. The number of hydrogen-bond acceptors (Lipinski definition) is 5. The van der Waals surface area contributed by atoms with Gasteiger partial charge in [-0.25, -0.2) is 14.6 Å². The van der Waals surface area contributed by atoms with Crippen LogP contribution in [0.2, 0.25) is 0 Å². The van der Waals surface area contributed by atoms with E-state index in [1.165, 1.54) is 6.33 Å². The van der Waals surface area contributed by atoms with Crippen molar-refractivity contribution >= 4 is 27.8 Å². The van der Waals surface area contributed by atoms with E-state index in [2.05, 4.69) is 28.8 Å². The molecule has 0 aliphatic rings. The van der Waals surface area contributed by atoms with Crippen molar-refractivity contribution in [3.8, 4) is 17.1 Å². The van der Waals surface area contributed by atoms with E-state index >= 15 is 0 Å². The summed E-state index contributed by atoms with van der Waals surface area (Å²) in [6, 6.07) is 8.09. The molecule has 0 fully saturated rings. The molecule has 0 unspecified atom stereocenters. The quantitative estimate of drug-likeness (QED) is 0.604. The molecular weight excluding hydrogens is 304 g/mol. The molecule has 0 radical (unpaired) electrons. The summed E-state index contributed by atoms with van der Waals surface area (Å²) in [6.07, 6.45) is 1.47. The van der Waals surface area contributed by atoms with E-state index < -0.39 is 0 Å². The fourth-order valence-electron chi connectivity index (χ4n) is 2.91. The molecule has 0 saturated heterocycles. The van der Waals surface area contributed by atoms with E-state index in [4.69, 9.17) is 15.6 Å². The van der Waals surface area contributed by atoms with Gasteiger partial charge in [-0.3, -0.25) is 0 Å². The van der Waals surface area contributed by atoms with E-state index in [-0.39, 0.29) is 6.04 Å². The Morgan fingerprint density at radius 2 is 2.04 bits per heavy atom. The highest BCUT2D eigenvalue weighted by molar-refractivity contribution is 6.00. The monoisotopic (exact) mass is 322 g/mol. The molecule has 7 nitrogen and oxygen atoms in total. The molecule has 0 bridgehead atoms. The van der Waals surface area contributed by atoms with E-state index in [0.717, 1.165) is 39.1 Å². The van der Waals surface area contributed by atoms with Gasteiger partial charge in [0.2, 0.25) is 0 Å². The third kappa shape index (κ3) is 2.09. The summed E-state index contributed by atoms with van der Waals surface area (Å²) >= 11 is 0. The van der Waals surface area contributed by atoms with E-state index in [1.807, 2.05) is 28.9 Å². The second-order valence-electron chi connectivity index (χ2n) is 5.98. The summed E-state index contributed by atoms with van der Waals surface area (Å²) in [5, 5.41) is 6.55. The maximum atomic E-state index is 6.11. The van der Waals surface area contributed by atoms with Crippen molar-refractivity contribution in [2.75, 3.05) is 12.8 Å². The van der Waals surface area contributed by atoms with Crippen molar-refractivity contribution in [3.05, 3.63) is 30.6 Å². The third-order valence-electron chi connectivity index (χ3n) is 4.09. The number of H-pyrrole nitrogens is 1. The number of nitrogens with zero attached hydrogens (tertiary/aromatic N) is 4. The Hall–Kier alpha value is -3.09. The Morgan fingerprint density at radius 1 is 1.21 bits per heavy atom. The molecule has 4 rings (SSSR count). The minimum atomic E-state index is 0.167. The van der Waals surface area contributed by atoms with Gasteiger partial charge < -0.3 is 15.5 Å². The molecule has 24 heavy (non-hydrogen) atoms. The first-order valence-electron chi connectivity index (χ1n) is 7.74. The minimum Gasteiger partial charge on any atom is -0.497 e. The minimum absolute atomic E-state index is 0.167. The molecule has 3 heterocycles. The lowest BCUT2D eigenvalue weighted by Crippen LogP contribution is -2.04. The first-order chi connectivity index (χ1) is 11.6. The predicted molar refractivity (Wildman–Crippen MR) is 94.0 cm³/mol. The standard InChI is InChI=1S/C17H18N6O/c1-9(2)23-17-14(16(18)19-8-20-17)15(22-23)13-7-10-6-11(24-3)4-5-12(10)21-13/h4-9,21H,1-3H3,(H2,18,19,20). The number of benzene rings is 1. The number of methoxy groups -OCH3 is 1.